The number of rotatable bonds is 2. The van der Waals surface area contributed by atoms with Gasteiger partial charge in [0, 0.05) is 30.3 Å². The molecule has 2 rings (SSSR count). The molecule has 2 heterocycles. The smallest absolute Gasteiger partial charge is 0.246 e. The fourth-order valence-corrected chi connectivity index (χ4v) is 4.27. The number of carbonyl (C=O) groups is 2. The largest absolute Gasteiger partial charge is 0.341 e. The Kier molecular flexibility index (Phi) is 5.43. The summed E-state index contributed by atoms with van der Waals surface area (Å²) in [6, 6.07) is -0.190. The van der Waals surface area contributed by atoms with Gasteiger partial charge >= 0.3 is 0 Å². The lowest BCUT2D eigenvalue weighted by Gasteiger charge is -2.38. The highest BCUT2D eigenvalue weighted by atomic mass is 32.2. The number of thioether (sulfide) groups is 1. The lowest BCUT2D eigenvalue weighted by Crippen LogP contribution is -2.54. The maximum absolute atomic E-state index is 12.9. The number of nitrogens with zero attached hydrogens (tertiary/aromatic N) is 2. The van der Waals surface area contributed by atoms with Gasteiger partial charge in [-0.2, -0.15) is 0 Å². The quantitative estimate of drug-likeness (QED) is 0.835. The minimum atomic E-state index is -0.445. The van der Waals surface area contributed by atoms with Crippen LogP contribution in [0, 0.1) is 11.3 Å². The van der Waals surface area contributed by atoms with Gasteiger partial charge in [-0.05, 0) is 25.7 Å². The molecule has 0 bridgehead atoms. The van der Waals surface area contributed by atoms with Gasteiger partial charge in [-0.3, -0.25) is 9.59 Å². The van der Waals surface area contributed by atoms with E-state index in [1.165, 1.54) is 0 Å². The lowest BCUT2D eigenvalue weighted by molar-refractivity contribution is -0.148. The molecular formula is C16H29N3O2S. The summed E-state index contributed by atoms with van der Waals surface area (Å²) >= 11 is 1.67. The molecule has 5 nitrogen and oxygen atoms in total. The Hall–Kier alpha value is -0.750. The molecule has 0 aromatic heterocycles. The minimum absolute atomic E-state index is 0.0663. The zero-order chi connectivity index (χ0) is 16.5. The van der Waals surface area contributed by atoms with Crippen LogP contribution in [-0.4, -0.2) is 58.4 Å². The topological polar surface area (TPSA) is 66.6 Å². The van der Waals surface area contributed by atoms with Gasteiger partial charge in [-0.1, -0.05) is 20.8 Å². The van der Waals surface area contributed by atoms with Gasteiger partial charge in [0.1, 0.15) is 6.04 Å². The molecule has 22 heavy (non-hydrogen) atoms. The molecule has 6 heteroatoms. The second-order valence-corrected chi connectivity index (χ2v) is 8.59. The molecule has 3 atom stereocenters. The van der Waals surface area contributed by atoms with E-state index < -0.39 is 5.41 Å². The summed E-state index contributed by atoms with van der Waals surface area (Å²) in [5.41, 5.74) is 5.56. The van der Waals surface area contributed by atoms with Crippen molar-refractivity contribution < 1.29 is 9.59 Å². The number of carbonyl (C=O) groups excluding carboxylic acids is 2. The third kappa shape index (κ3) is 3.77. The van der Waals surface area contributed by atoms with Crippen LogP contribution in [0.4, 0.5) is 0 Å². The lowest BCUT2D eigenvalue weighted by atomic mass is 9.91. The zero-order valence-corrected chi connectivity index (χ0v) is 15.0. The van der Waals surface area contributed by atoms with E-state index in [0.717, 1.165) is 25.9 Å². The van der Waals surface area contributed by atoms with Crippen molar-refractivity contribution in [3.63, 3.8) is 0 Å². The fourth-order valence-electron chi connectivity index (χ4n) is 3.13. The number of piperidine rings is 1. The van der Waals surface area contributed by atoms with Crippen molar-refractivity contribution in [2.45, 2.75) is 52.6 Å². The molecule has 2 N–H and O–H groups in total. The first-order valence-electron chi connectivity index (χ1n) is 8.15. The maximum atomic E-state index is 12.9. The summed E-state index contributed by atoms with van der Waals surface area (Å²) in [6.07, 6.45) is 2.09. The molecule has 2 aliphatic rings. The fraction of sp³-hybridized carbons (Fsp3) is 0.875. The Morgan fingerprint density at radius 1 is 1.32 bits per heavy atom. The van der Waals surface area contributed by atoms with Crippen LogP contribution in [0.25, 0.3) is 0 Å². The molecule has 126 valence electrons. The average molecular weight is 327 g/mol. The first-order chi connectivity index (χ1) is 10.2. The first kappa shape index (κ1) is 17.6. The van der Waals surface area contributed by atoms with Crippen LogP contribution in [0.2, 0.25) is 0 Å². The van der Waals surface area contributed by atoms with Gasteiger partial charge in [0.25, 0.3) is 0 Å². The Morgan fingerprint density at radius 3 is 2.59 bits per heavy atom. The van der Waals surface area contributed by atoms with Crippen molar-refractivity contribution in [3.8, 4) is 0 Å². The third-order valence-corrected chi connectivity index (χ3v) is 5.60. The molecule has 2 amide bonds. The Morgan fingerprint density at radius 2 is 2.00 bits per heavy atom. The molecule has 0 spiro atoms. The van der Waals surface area contributed by atoms with Gasteiger partial charge in [0.15, 0.2) is 0 Å². The summed E-state index contributed by atoms with van der Waals surface area (Å²) in [4.78, 5) is 29.1. The average Bonchev–Trinajstić information content (AvgIpc) is 2.93. The molecule has 0 saturated carbocycles. The molecular weight excluding hydrogens is 298 g/mol. The van der Waals surface area contributed by atoms with Crippen molar-refractivity contribution in [1.29, 1.82) is 0 Å². The van der Waals surface area contributed by atoms with E-state index in [-0.39, 0.29) is 23.9 Å². The third-order valence-electron chi connectivity index (χ3n) is 4.58. The number of nitrogens with two attached hydrogens (primary N) is 1. The summed E-state index contributed by atoms with van der Waals surface area (Å²) in [5.74, 6) is 1.87. The van der Waals surface area contributed by atoms with Crippen LogP contribution in [0.3, 0.4) is 0 Å². The molecule has 2 fully saturated rings. The van der Waals surface area contributed by atoms with Crippen LogP contribution in [0.1, 0.15) is 40.5 Å². The Balaban J connectivity index is 2.06. The maximum Gasteiger partial charge on any atom is 0.246 e. The second kappa shape index (κ2) is 6.79. The standard InChI is InChI=1S/C16H29N3O2S/c1-11(17)12-6-5-7-18(8-12)14(20)13-9-22-10-19(13)15(21)16(2,3)4/h11-13H,5-10,17H2,1-4H3. The Labute approximate surface area is 138 Å². The van der Waals surface area contributed by atoms with E-state index in [1.54, 1.807) is 16.7 Å². The zero-order valence-electron chi connectivity index (χ0n) is 14.2. The van der Waals surface area contributed by atoms with Crippen molar-refractivity contribution in [3.05, 3.63) is 0 Å². The van der Waals surface area contributed by atoms with E-state index in [2.05, 4.69) is 0 Å². The predicted octanol–water partition coefficient (Wildman–Crippen LogP) is 1.52. The highest BCUT2D eigenvalue weighted by Gasteiger charge is 2.41. The Bertz CT molecular complexity index is 434. The summed E-state index contributed by atoms with van der Waals surface area (Å²) in [6.45, 7) is 9.27. The number of hydrogen-bond acceptors (Lipinski definition) is 4. The minimum Gasteiger partial charge on any atom is -0.341 e. The van der Waals surface area contributed by atoms with Gasteiger partial charge < -0.3 is 15.5 Å². The molecule has 3 unspecified atom stereocenters. The van der Waals surface area contributed by atoms with Gasteiger partial charge in [-0.25, -0.2) is 0 Å². The van der Waals surface area contributed by atoms with Crippen LogP contribution in [0.5, 0.6) is 0 Å². The van der Waals surface area contributed by atoms with Crippen LogP contribution in [0.15, 0.2) is 0 Å². The highest BCUT2D eigenvalue weighted by Crippen LogP contribution is 2.29. The number of hydrogen-bond donors (Lipinski definition) is 1. The summed E-state index contributed by atoms with van der Waals surface area (Å²) in [7, 11) is 0. The number of likely N-dealkylation sites (tertiary alicyclic amines) is 1. The van der Waals surface area contributed by atoms with E-state index in [4.69, 9.17) is 5.73 Å². The van der Waals surface area contributed by atoms with Gasteiger partial charge in [-0.15, -0.1) is 11.8 Å². The SMILES string of the molecule is CC(N)C1CCCN(C(=O)C2CSCN2C(=O)C(C)(C)C)C1. The van der Waals surface area contributed by atoms with E-state index >= 15 is 0 Å². The normalized spacial score (nSPS) is 27.9. The second-order valence-electron chi connectivity index (χ2n) is 7.59. The van der Waals surface area contributed by atoms with Crippen molar-refractivity contribution >= 4 is 23.6 Å². The van der Waals surface area contributed by atoms with Gasteiger partial charge in [0.2, 0.25) is 11.8 Å². The molecule has 2 saturated heterocycles. The summed E-state index contributed by atoms with van der Waals surface area (Å²) < 4.78 is 0. The monoisotopic (exact) mass is 327 g/mol. The van der Waals surface area contributed by atoms with Crippen LogP contribution >= 0.6 is 11.8 Å². The predicted molar refractivity (Wildman–Crippen MR) is 90.4 cm³/mol. The van der Waals surface area contributed by atoms with Crippen molar-refractivity contribution in [2.24, 2.45) is 17.1 Å². The summed E-state index contributed by atoms with van der Waals surface area (Å²) in [5, 5.41) is 0. The number of amides is 2. The molecule has 0 aromatic carbocycles. The molecule has 2 aliphatic heterocycles. The van der Waals surface area contributed by atoms with E-state index in [9.17, 15) is 9.59 Å². The van der Waals surface area contributed by atoms with Crippen LogP contribution in [-0.2, 0) is 9.59 Å². The molecule has 0 radical (unpaired) electrons. The molecule has 0 aromatic rings. The first-order valence-corrected chi connectivity index (χ1v) is 9.30. The molecule has 0 aliphatic carbocycles. The van der Waals surface area contributed by atoms with Gasteiger partial charge in [0.05, 0.1) is 5.88 Å². The van der Waals surface area contributed by atoms with E-state index in [0.29, 0.717) is 17.5 Å². The highest BCUT2D eigenvalue weighted by molar-refractivity contribution is 7.99. The van der Waals surface area contributed by atoms with Crippen LogP contribution < -0.4 is 5.73 Å². The van der Waals surface area contributed by atoms with E-state index in [1.807, 2.05) is 32.6 Å². The van der Waals surface area contributed by atoms with Crippen molar-refractivity contribution in [2.75, 3.05) is 24.7 Å². The van der Waals surface area contributed by atoms with Crippen molar-refractivity contribution in [1.82, 2.24) is 9.80 Å².